The molecule has 5 nitrogen and oxygen atoms in total. The highest BCUT2D eigenvalue weighted by atomic mass is 35.5. The van der Waals surface area contributed by atoms with Gasteiger partial charge in [0, 0.05) is 24.7 Å². The Hall–Kier alpha value is -1.98. The van der Waals surface area contributed by atoms with E-state index in [2.05, 4.69) is 10.3 Å². The van der Waals surface area contributed by atoms with E-state index in [1.54, 1.807) is 12.1 Å². The molecule has 2 aromatic rings. The first-order valence-electron chi connectivity index (χ1n) is 7.11. The summed E-state index contributed by atoms with van der Waals surface area (Å²) in [6, 6.07) is 6.70. The molecule has 1 amide bonds. The summed E-state index contributed by atoms with van der Waals surface area (Å²) in [4.78, 5) is 16.0. The molecule has 0 unspecified atom stereocenters. The highest BCUT2D eigenvalue weighted by molar-refractivity contribution is 6.32. The average molecular weight is 353 g/mol. The minimum absolute atomic E-state index is 0.238. The van der Waals surface area contributed by atoms with E-state index in [0.717, 1.165) is 12.0 Å². The van der Waals surface area contributed by atoms with Crippen LogP contribution in [0.1, 0.15) is 22.3 Å². The lowest BCUT2D eigenvalue weighted by atomic mass is 10.2. The second kappa shape index (κ2) is 7.06. The number of hydrogen-bond acceptors (Lipinski definition) is 4. The van der Waals surface area contributed by atoms with Gasteiger partial charge >= 0.3 is 0 Å². The molecule has 0 atom stereocenters. The lowest BCUT2D eigenvalue weighted by molar-refractivity contribution is 0.0950. The Morgan fingerprint density at radius 2 is 2.04 bits per heavy atom. The number of benzene rings is 1. The van der Waals surface area contributed by atoms with Crippen molar-refractivity contribution < 1.29 is 14.3 Å². The number of ether oxygens (including phenoxy) is 2. The van der Waals surface area contributed by atoms with E-state index >= 15 is 0 Å². The van der Waals surface area contributed by atoms with Gasteiger partial charge in [-0.05, 0) is 29.8 Å². The van der Waals surface area contributed by atoms with Crippen molar-refractivity contribution in [3.63, 3.8) is 0 Å². The average Bonchev–Trinajstić information content (AvgIpc) is 2.78. The van der Waals surface area contributed by atoms with Gasteiger partial charge in [0.05, 0.1) is 18.2 Å². The van der Waals surface area contributed by atoms with Crippen molar-refractivity contribution in [2.45, 2.75) is 13.0 Å². The Bertz CT molecular complexity index is 737. The molecule has 1 aromatic heterocycles. The van der Waals surface area contributed by atoms with E-state index in [1.807, 2.05) is 6.07 Å². The number of carbonyl (C=O) groups excluding carboxylic acids is 1. The monoisotopic (exact) mass is 352 g/mol. The summed E-state index contributed by atoms with van der Waals surface area (Å²) >= 11 is 12.0. The van der Waals surface area contributed by atoms with E-state index in [-0.39, 0.29) is 11.1 Å². The summed E-state index contributed by atoms with van der Waals surface area (Å²) in [7, 11) is 0. The fraction of sp³-hybridized carbons (Fsp3) is 0.250. The maximum Gasteiger partial charge on any atom is 0.251 e. The Morgan fingerprint density at radius 1 is 1.22 bits per heavy atom. The van der Waals surface area contributed by atoms with Gasteiger partial charge in [-0.2, -0.15) is 0 Å². The number of nitrogens with zero attached hydrogens (tertiary/aromatic N) is 1. The molecule has 0 spiro atoms. The van der Waals surface area contributed by atoms with Gasteiger partial charge < -0.3 is 14.8 Å². The van der Waals surface area contributed by atoms with Gasteiger partial charge in [0.2, 0.25) is 0 Å². The van der Waals surface area contributed by atoms with E-state index in [9.17, 15) is 4.79 Å². The first-order valence-corrected chi connectivity index (χ1v) is 7.87. The van der Waals surface area contributed by atoms with Crippen LogP contribution in [0.2, 0.25) is 10.2 Å². The number of amides is 1. The second-order valence-corrected chi connectivity index (χ2v) is 5.80. The van der Waals surface area contributed by atoms with Crippen molar-refractivity contribution in [3.8, 4) is 11.5 Å². The van der Waals surface area contributed by atoms with Crippen molar-refractivity contribution in [2.24, 2.45) is 0 Å². The van der Waals surface area contributed by atoms with Gasteiger partial charge in [0.25, 0.3) is 5.91 Å². The minimum Gasteiger partial charge on any atom is -0.489 e. The molecule has 3 rings (SSSR count). The van der Waals surface area contributed by atoms with Gasteiger partial charge in [0.15, 0.2) is 11.5 Å². The maximum atomic E-state index is 12.1. The number of aromatic nitrogens is 1. The van der Waals surface area contributed by atoms with Gasteiger partial charge in [-0.15, -0.1) is 0 Å². The topological polar surface area (TPSA) is 60.5 Å². The SMILES string of the molecule is O=C(NCc1cc(Cl)c2c(c1)OCCCO2)c1ccnc(Cl)c1. The van der Waals surface area contributed by atoms with Crippen LogP contribution in [0.3, 0.4) is 0 Å². The molecular weight excluding hydrogens is 339 g/mol. The lowest BCUT2D eigenvalue weighted by Gasteiger charge is -2.12. The predicted molar refractivity (Wildman–Crippen MR) is 87.5 cm³/mol. The Kier molecular flexibility index (Phi) is 4.88. The second-order valence-electron chi connectivity index (χ2n) is 5.01. The van der Waals surface area contributed by atoms with Crippen molar-refractivity contribution in [3.05, 3.63) is 51.8 Å². The zero-order valence-electron chi connectivity index (χ0n) is 12.1. The van der Waals surface area contributed by atoms with Crippen LogP contribution in [0.5, 0.6) is 11.5 Å². The molecule has 0 bridgehead atoms. The number of carbonyl (C=O) groups is 1. The standard InChI is InChI=1S/C16H14Cl2N2O3/c17-12-6-10(7-13-15(12)23-5-1-4-22-13)9-20-16(21)11-2-3-19-14(18)8-11/h2-3,6-8H,1,4-5,9H2,(H,20,21). The fourth-order valence-electron chi connectivity index (χ4n) is 2.21. The molecule has 1 N–H and O–H groups in total. The first kappa shape index (κ1) is 15.9. The van der Waals surface area contributed by atoms with E-state index in [1.165, 1.54) is 12.3 Å². The largest absolute Gasteiger partial charge is 0.489 e. The van der Waals surface area contributed by atoms with Gasteiger partial charge in [-0.1, -0.05) is 23.2 Å². The summed E-state index contributed by atoms with van der Waals surface area (Å²) in [5.74, 6) is 0.920. The first-order chi connectivity index (χ1) is 11.1. The van der Waals surface area contributed by atoms with Crippen LogP contribution in [0.25, 0.3) is 0 Å². The normalized spacial score (nSPS) is 13.3. The number of rotatable bonds is 3. The molecule has 0 saturated heterocycles. The van der Waals surface area contributed by atoms with Crippen LogP contribution < -0.4 is 14.8 Å². The van der Waals surface area contributed by atoms with Gasteiger partial charge in [0.1, 0.15) is 5.15 Å². The maximum absolute atomic E-state index is 12.1. The third-order valence-electron chi connectivity index (χ3n) is 3.30. The summed E-state index contributed by atoms with van der Waals surface area (Å²) in [6.45, 7) is 1.47. The van der Waals surface area contributed by atoms with Crippen LogP contribution in [0, 0.1) is 0 Å². The number of nitrogens with one attached hydrogen (secondary N) is 1. The quantitative estimate of drug-likeness (QED) is 0.859. The highest BCUT2D eigenvalue weighted by Gasteiger charge is 2.16. The predicted octanol–water partition coefficient (Wildman–Crippen LogP) is 3.48. The Balaban J connectivity index is 1.72. The molecule has 0 aliphatic carbocycles. The third-order valence-corrected chi connectivity index (χ3v) is 3.79. The van der Waals surface area contributed by atoms with E-state index in [4.69, 9.17) is 32.7 Å². The number of fused-ring (bicyclic) bond motifs is 1. The third kappa shape index (κ3) is 3.86. The van der Waals surface area contributed by atoms with Crippen LogP contribution >= 0.6 is 23.2 Å². The summed E-state index contributed by atoms with van der Waals surface area (Å²) in [5, 5.41) is 3.56. The van der Waals surface area contributed by atoms with Crippen molar-refractivity contribution in [2.75, 3.05) is 13.2 Å². The molecule has 0 fully saturated rings. The number of pyridine rings is 1. The molecule has 23 heavy (non-hydrogen) atoms. The molecule has 0 radical (unpaired) electrons. The smallest absolute Gasteiger partial charge is 0.251 e. The van der Waals surface area contributed by atoms with Crippen LogP contribution in [0.4, 0.5) is 0 Å². The minimum atomic E-state index is -0.238. The summed E-state index contributed by atoms with van der Waals surface area (Å²) in [5.41, 5.74) is 1.28. The fourth-order valence-corrected chi connectivity index (χ4v) is 2.68. The summed E-state index contributed by atoms with van der Waals surface area (Å²) in [6.07, 6.45) is 2.29. The molecule has 2 heterocycles. The highest BCUT2D eigenvalue weighted by Crippen LogP contribution is 2.37. The lowest BCUT2D eigenvalue weighted by Crippen LogP contribution is -2.22. The van der Waals surface area contributed by atoms with E-state index < -0.39 is 0 Å². The van der Waals surface area contributed by atoms with Crippen molar-refractivity contribution in [1.29, 1.82) is 0 Å². The van der Waals surface area contributed by atoms with Crippen molar-refractivity contribution in [1.82, 2.24) is 10.3 Å². The molecule has 7 heteroatoms. The molecule has 120 valence electrons. The van der Waals surface area contributed by atoms with E-state index in [0.29, 0.717) is 41.8 Å². The van der Waals surface area contributed by atoms with Gasteiger partial charge in [-0.3, -0.25) is 4.79 Å². The Morgan fingerprint density at radius 3 is 2.87 bits per heavy atom. The van der Waals surface area contributed by atoms with Crippen LogP contribution in [-0.2, 0) is 6.54 Å². The Labute approximate surface area is 143 Å². The van der Waals surface area contributed by atoms with Gasteiger partial charge in [-0.25, -0.2) is 4.98 Å². The zero-order valence-corrected chi connectivity index (χ0v) is 13.7. The molecule has 0 saturated carbocycles. The van der Waals surface area contributed by atoms with Crippen molar-refractivity contribution >= 4 is 29.1 Å². The van der Waals surface area contributed by atoms with Crippen LogP contribution in [-0.4, -0.2) is 24.1 Å². The number of halogens is 2. The molecule has 1 aliphatic heterocycles. The number of hydrogen-bond donors (Lipinski definition) is 1. The zero-order chi connectivity index (χ0) is 16.2. The molecule has 1 aliphatic rings. The van der Waals surface area contributed by atoms with Crippen LogP contribution in [0.15, 0.2) is 30.5 Å². The molecule has 1 aromatic carbocycles. The summed E-state index contributed by atoms with van der Waals surface area (Å²) < 4.78 is 11.2. The molecular formula is C16H14Cl2N2O3.